The Balaban J connectivity index is 1.51. The zero-order valence-electron chi connectivity index (χ0n) is 14.4. The number of imide groups is 1. The molecule has 0 atom stereocenters. The number of amides is 4. The van der Waals surface area contributed by atoms with E-state index in [9.17, 15) is 14.4 Å². The lowest BCUT2D eigenvalue weighted by atomic mass is 9.82. The van der Waals surface area contributed by atoms with Crippen LogP contribution in [0.1, 0.15) is 42.6 Å². The van der Waals surface area contributed by atoms with E-state index < -0.39 is 23.4 Å². The van der Waals surface area contributed by atoms with E-state index in [-0.39, 0.29) is 5.69 Å². The lowest BCUT2D eigenvalue weighted by Crippen LogP contribution is -2.51. The zero-order chi connectivity index (χ0) is 19.0. The van der Waals surface area contributed by atoms with Gasteiger partial charge in [0, 0.05) is 5.56 Å². The number of urea groups is 1. The van der Waals surface area contributed by atoms with Gasteiger partial charge in [0.25, 0.3) is 11.8 Å². The lowest BCUT2D eigenvalue weighted by molar-refractivity contribution is -0.134. The summed E-state index contributed by atoms with van der Waals surface area (Å²) >= 11 is 6.15. The summed E-state index contributed by atoms with van der Waals surface area (Å²) in [5, 5.41) is 10.7. The van der Waals surface area contributed by atoms with Crippen LogP contribution < -0.4 is 10.7 Å². The third kappa shape index (κ3) is 3.06. The number of carbonyl (C=O) groups excluding carboxylic acids is 3. The highest BCUT2D eigenvalue weighted by molar-refractivity contribution is 6.33. The number of hydrazine groups is 1. The van der Waals surface area contributed by atoms with Crippen molar-refractivity contribution in [3.63, 3.8) is 0 Å². The molecule has 2 aromatic rings. The summed E-state index contributed by atoms with van der Waals surface area (Å²) in [6, 6.07) is 8.02. The number of nitrogens with one attached hydrogen (secondary N) is 3. The summed E-state index contributed by atoms with van der Waals surface area (Å²) in [6.07, 6.45) is 3.95. The molecule has 4 rings (SSSR count). The van der Waals surface area contributed by atoms with Crippen molar-refractivity contribution in [2.45, 2.75) is 37.6 Å². The second kappa shape index (κ2) is 6.70. The van der Waals surface area contributed by atoms with Crippen molar-refractivity contribution < 1.29 is 14.4 Å². The molecule has 1 saturated heterocycles. The highest BCUT2D eigenvalue weighted by Crippen LogP contribution is 2.33. The predicted molar refractivity (Wildman–Crippen MR) is 97.7 cm³/mol. The second-order valence-corrected chi connectivity index (χ2v) is 7.21. The Hall–Kier alpha value is -2.87. The smallest absolute Gasteiger partial charge is 0.322 e. The zero-order valence-corrected chi connectivity index (χ0v) is 15.2. The predicted octanol–water partition coefficient (Wildman–Crippen LogP) is 2.63. The minimum atomic E-state index is -0.890. The molecule has 140 valence electrons. The molecule has 1 saturated carbocycles. The van der Waals surface area contributed by atoms with Gasteiger partial charge in [-0.25, -0.2) is 4.79 Å². The number of H-pyrrole nitrogens is 1. The molecule has 1 aliphatic heterocycles. The summed E-state index contributed by atoms with van der Waals surface area (Å²) in [4.78, 5) is 37.5. The first kappa shape index (κ1) is 17.5. The number of nitrogens with zero attached hydrogens (tertiary/aromatic N) is 2. The van der Waals surface area contributed by atoms with Crippen molar-refractivity contribution in [2.24, 2.45) is 0 Å². The van der Waals surface area contributed by atoms with Gasteiger partial charge in [0.1, 0.15) is 11.2 Å². The molecule has 1 spiro atoms. The molecule has 27 heavy (non-hydrogen) atoms. The number of carbonyl (C=O) groups is 3. The number of halogens is 1. The van der Waals surface area contributed by atoms with Crippen molar-refractivity contribution in [2.75, 3.05) is 0 Å². The van der Waals surface area contributed by atoms with Crippen LogP contribution in [0.5, 0.6) is 0 Å². The minimum Gasteiger partial charge on any atom is -0.322 e. The summed E-state index contributed by atoms with van der Waals surface area (Å²) in [5.74, 6) is -1.04. The van der Waals surface area contributed by atoms with E-state index in [4.69, 9.17) is 11.6 Å². The molecule has 9 heteroatoms. The standard InChI is InChI=1S/C18H18ClN5O3/c19-12-7-3-2-6-11(12)13-10-14(22-21-13)15(25)23-24-16(26)18(20-17(24)27)8-4-1-5-9-18/h2-3,6-7,10H,1,4-5,8-9H2,(H,20,27)(H,21,22)(H,23,25). The normalized spacial score (nSPS) is 18.6. The molecule has 1 aromatic heterocycles. The Morgan fingerprint density at radius 1 is 1.19 bits per heavy atom. The average molecular weight is 388 g/mol. The Morgan fingerprint density at radius 3 is 2.67 bits per heavy atom. The van der Waals surface area contributed by atoms with Crippen LogP contribution in [0.3, 0.4) is 0 Å². The highest BCUT2D eigenvalue weighted by Gasteiger charge is 2.52. The van der Waals surface area contributed by atoms with E-state index in [1.807, 2.05) is 6.07 Å². The van der Waals surface area contributed by atoms with Gasteiger partial charge in [-0.3, -0.25) is 20.1 Å². The Kier molecular flexibility index (Phi) is 4.35. The molecule has 0 bridgehead atoms. The molecule has 3 N–H and O–H groups in total. The van der Waals surface area contributed by atoms with Crippen LogP contribution in [0, 0.1) is 0 Å². The van der Waals surface area contributed by atoms with E-state index in [1.54, 1.807) is 18.2 Å². The molecule has 2 fully saturated rings. The largest absolute Gasteiger partial charge is 0.344 e. The number of benzene rings is 1. The molecule has 8 nitrogen and oxygen atoms in total. The molecule has 2 heterocycles. The van der Waals surface area contributed by atoms with Gasteiger partial charge in [-0.2, -0.15) is 10.1 Å². The third-order valence-corrected chi connectivity index (χ3v) is 5.38. The van der Waals surface area contributed by atoms with E-state index in [1.165, 1.54) is 6.07 Å². The van der Waals surface area contributed by atoms with Gasteiger partial charge in [0.2, 0.25) is 0 Å². The first-order chi connectivity index (χ1) is 13.0. The van der Waals surface area contributed by atoms with Crippen molar-refractivity contribution in [3.05, 3.63) is 41.0 Å². The molecular formula is C18H18ClN5O3. The van der Waals surface area contributed by atoms with Crippen LogP contribution in [0.4, 0.5) is 4.79 Å². The lowest BCUT2D eigenvalue weighted by Gasteiger charge is -2.30. The molecule has 4 amide bonds. The fourth-order valence-corrected chi connectivity index (χ4v) is 3.86. The van der Waals surface area contributed by atoms with Gasteiger partial charge >= 0.3 is 6.03 Å². The molecule has 0 unspecified atom stereocenters. The summed E-state index contributed by atoms with van der Waals surface area (Å²) in [5.41, 5.74) is 2.77. The summed E-state index contributed by atoms with van der Waals surface area (Å²) in [6.45, 7) is 0. The van der Waals surface area contributed by atoms with Gasteiger partial charge in [-0.05, 0) is 25.0 Å². The number of hydrogen-bond acceptors (Lipinski definition) is 4. The van der Waals surface area contributed by atoms with E-state index in [0.717, 1.165) is 24.3 Å². The van der Waals surface area contributed by atoms with Crippen LogP contribution >= 0.6 is 11.6 Å². The van der Waals surface area contributed by atoms with Crippen LogP contribution in [0.15, 0.2) is 30.3 Å². The Bertz CT molecular complexity index is 919. The summed E-state index contributed by atoms with van der Waals surface area (Å²) in [7, 11) is 0. The molecular weight excluding hydrogens is 370 g/mol. The molecule has 1 aliphatic carbocycles. The quantitative estimate of drug-likeness (QED) is 0.703. The fourth-order valence-electron chi connectivity index (χ4n) is 3.62. The molecule has 1 aromatic carbocycles. The fraction of sp³-hybridized carbons (Fsp3) is 0.333. The van der Waals surface area contributed by atoms with Gasteiger partial charge in [0.05, 0.1) is 10.7 Å². The van der Waals surface area contributed by atoms with E-state index >= 15 is 0 Å². The maximum atomic E-state index is 12.7. The second-order valence-electron chi connectivity index (χ2n) is 6.80. The monoisotopic (exact) mass is 387 g/mol. The molecule has 2 aliphatic rings. The van der Waals surface area contributed by atoms with Gasteiger partial charge < -0.3 is 5.32 Å². The maximum absolute atomic E-state index is 12.7. The van der Waals surface area contributed by atoms with Crippen LogP contribution in [-0.4, -0.2) is 38.6 Å². The number of aromatic nitrogens is 2. The SMILES string of the molecule is O=C(NN1C(=O)NC2(CCCCC2)C1=O)c1cc(-c2ccccc2Cl)n[nH]1. The topological polar surface area (TPSA) is 107 Å². The number of aromatic amines is 1. The van der Waals surface area contributed by atoms with Crippen molar-refractivity contribution in [3.8, 4) is 11.3 Å². The van der Waals surface area contributed by atoms with Crippen molar-refractivity contribution in [1.82, 2.24) is 25.9 Å². The third-order valence-electron chi connectivity index (χ3n) is 5.05. The van der Waals surface area contributed by atoms with Crippen molar-refractivity contribution >= 4 is 29.4 Å². The molecule has 0 radical (unpaired) electrons. The van der Waals surface area contributed by atoms with Gasteiger partial charge in [0.15, 0.2) is 0 Å². The number of hydrogen-bond donors (Lipinski definition) is 3. The Labute approximate surface area is 160 Å². The van der Waals surface area contributed by atoms with E-state index in [0.29, 0.717) is 29.1 Å². The Morgan fingerprint density at radius 2 is 1.93 bits per heavy atom. The number of rotatable bonds is 3. The highest BCUT2D eigenvalue weighted by atomic mass is 35.5. The minimum absolute atomic E-state index is 0.120. The summed E-state index contributed by atoms with van der Waals surface area (Å²) < 4.78 is 0. The first-order valence-electron chi connectivity index (χ1n) is 8.78. The van der Waals surface area contributed by atoms with Crippen LogP contribution in [-0.2, 0) is 4.79 Å². The van der Waals surface area contributed by atoms with Gasteiger partial charge in [-0.15, -0.1) is 0 Å². The average Bonchev–Trinajstić information content (AvgIpc) is 3.23. The van der Waals surface area contributed by atoms with Crippen LogP contribution in [0.2, 0.25) is 5.02 Å². The van der Waals surface area contributed by atoms with Gasteiger partial charge in [-0.1, -0.05) is 49.1 Å². The van der Waals surface area contributed by atoms with E-state index in [2.05, 4.69) is 20.9 Å². The van der Waals surface area contributed by atoms with Crippen LogP contribution in [0.25, 0.3) is 11.3 Å². The maximum Gasteiger partial charge on any atom is 0.344 e. The first-order valence-corrected chi connectivity index (χ1v) is 9.16. The van der Waals surface area contributed by atoms with Crippen molar-refractivity contribution in [1.29, 1.82) is 0 Å².